The summed E-state index contributed by atoms with van der Waals surface area (Å²) in [6.07, 6.45) is 3.50. The number of ether oxygens (including phenoxy) is 2. The molecule has 1 heterocycles. The first kappa shape index (κ1) is 19.1. The molecule has 0 aliphatic heterocycles. The van der Waals surface area contributed by atoms with E-state index in [0.717, 1.165) is 24.2 Å². The maximum Gasteiger partial charge on any atom is 0.199 e. The molecule has 3 aromatic rings. The molecule has 2 aromatic carbocycles. The smallest absolute Gasteiger partial charge is 0.199 e. The van der Waals surface area contributed by atoms with Crippen LogP contribution in [-0.2, 0) is 6.42 Å². The molecule has 0 aliphatic carbocycles. The Morgan fingerprint density at radius 2 is 1.89 bits per heavy atom. The van der Waals surface area contributed by atoms with Crippen LogP contribution >= 0.6 is 11.6 Å². The van der Waals surface area contributed by atoms with E-state index in [-0.39, 0.29) is 16.6 Å². The predicted octanol–water partition coefficient (Wildman–Crippen LogP) is 4.50. The number of hydrogen-bond donors (Lipinski definition) is 1. The number of methoxy groups -OCH3 is 1. The van der Waals surface area contributed by atoms with E-state index in [9.17, 15) is 9.90 Å². The second-order valence-electron chi connectivity index (χ2n) is 6.18. The molecule has 0 aliphatic rings. The summed E-state index contributed by atoms with van der Waals surface area (Å²) in [4.78, 5) is 12.8. The molecule has 0 radical (unpaired) electrons. The number of rotatable bonds is 8. The molecule has 142 valence electrons. The van der Waals surface area contributed by atoms with E-state index >= 15 is 0 Å². The zero-order chi connectivity index (χ0) is 19.2. The summed E-state index contributed by atoms with van der Waals surface area (Å²) in [5.41, 5.74) is 1.46. The third kappa shape index (κ3) is 4.55. The summed E-state index contributed by atoms with van der Waals surface area (Å²) >= 11 is 5.64. The minimum Gasteiger partial charge on any atom is -0.507 e. The van der Waals surface area contributed by atoms with E-state index in [0.29, 0.717) is 35.8 Å². The lowest BCUT2D eigenvalue weighted by atomic mass is 10.0. The number of phenolic OH excluding ortho intramolecular Hbond substituents is 1. The standard InChI is InChI=1S/C21H21ClO5/c1-25-16-6-4-14(5-7-16)10-15-13-27-19-12-17(26-9-3-2-8-22)11-18(23)20(19)21(15)24/h4-7,11-13,23H,2-3,8-10H2,1H3. The number of alkyl halides is 1. The highest BCUT2D eigenvalue weighted by Gasteiger charge is 2.14. The Labute approximate surface area is 162 Å². The first-order valence-corrected chi connectivity index (χ1v) is 9.25. The maximum absolute atomic E-state index is 12.8. The molecule has 1 N–H and O–H groups in total. The van der Waals surface area contributed by atoms with Crippen LogP contribution in [0.25, 0.3) is 11.0 Å². The van der Waals surface area contributed by atoms with Crippen LogP contribution in [0.3, 0.4) is 0 Å². The molecule has 0 saturated carbocycles. The molecule has 0 amide bonds. The fourth-order valence-electron chi connectivity index (χ4n) is 2.80. The van der Waals surface area contributed by atoms with Crippen LogP contribution in [0.5, 0.6) is 17.2 Å². The quantitative estimate of drug-likeness (QED) is 0.454. The lowest BCUT2D eigenvalue weighted by molar-refractivity contribution is 0.308. The summed E-state index contributed by atoms with van der Waals surface area (Å²) in [6.45, 7) is 0.484. The fourth-order valence-corrected chi connectivity index (χ4v) is 2.99. The normalized spacial score (nSPS) is 10.9. The number of hydrogen-bond acceptors (Lipinski definition) is 5. The van der Waals surface area contributed by atoms with Crippen LogP contribution in [0, 0.1) is 0 Å². The van der Waals surface area contributed by atoms with E-state index in [1.807, 2.05) is 24.3 Å². The predicted molar refractivity (Wildman–Crippen MR) is 105 cm³/mol. The first-order chi connectivity index (χ1) is 13.1. The number of fused-ring (bicyclic) bond motifs is 1. The Bertz CT molecular complexity index is 963. The largest absolute Gasteiger partial charge is 0.507 e. The second kappa shape index (κ2) is 8.82. The number of benzene rings is 2. The molecule has 0 saturated heterocycles. The van der Waals surface area contributed by atoms with Crippen LogP contribution in [0.2, 0.25) is 0 Å². The molecule has 0 unspecified atom stereocenters. The average Bonchev–Trinajstić information content (AvgIpc) is 2.68. The summed E-state index contributed by atoms with van der Waals surface area (Å²) in [6, 6.07) is 10.5. The molecular weight excluding hydrogens is 368 g/mol. The molecule has 6 heteroatoms. The van der Waals surface area contributed by atoms with Crippen molar-refractivity contribution in [3.8, 4) is 17.2 Å². The number of halogens is 1. The van der Waals surface area contributed by atoms with Gasteiger partial charge in [0, 0.05) is 30.0 Å². The summed E-state index contributed by atoms with van der Waals surface area (Å²) in [5, 5.41) is 10.5. The van der Waals surface area contributed by atoms with E-state index in [1.165, 1.54) is 12.3 Å². The van der Waals surface area contributed by atoms with Crippen molar-refractivity contribution in [2.24, 2.45) is 0 Å². The van der Waals surface area contributed by atoms with Gasteiger partial charge in [0.15, 0.2) is 5.43 Å². The van der Waals surface area contributed by atoms with Crippen LogP contribution in [-0.4, -0.2) is 24.7 Å². The van der Waals surface area contributed by atoms with Gasteiger partial charge in [0.25, 0.3) is 0 Å². The van der Waals surface area contributed by atoms with Crippen molar-refractivity contribution < 1.29 is 19.0 Å². The van der Waals surface area contributed by atoms with Gasteiger partial charge in [-0.15, -0.1) is 11.6 Å². The minimum atomic E-state index is -0.252. The van der Waals surface area contributed by atoms with E-state index in [2.05, 4.69) is 0 Å². The lowest BCUT2D eigenvalue weighted by Gasteiger charge is -2.09. The van der Waals surface area contributed by atoms with Gasteiger partial charge in [0.1, 0.15) is 28.2 Å². The summed E-state index contributed by atoms with van der Waals surface area (Å²) < 4.78 is 16.3. The Morgan fingerprint density at radius 3 is 2.59 bits per heavy atom. The number of phenols is 1. The molecule has 5 nitrogen and oxygen atoms in total. The lowest BCUT2D eigenvalue weighted by Crippen LogP contribution is -2.09. The molecule has 0 bridgehead atoms. The van der Waals surface area contributed by atoms with Gasteiger partial charge in [-0.25, -0.2) is 0 Å². The van der Waals surface area contributed by atoms with Gasteiger partial charge < -0.3 is 19.0 Å². The zero-order valence-electron chi connectivity index (χ0n) is 15.0. The van der Waals surface area contributed by atoms with Crippen molar-refractivity contribution in [1.29, 1.82) is 0 Å². The summed E-state index contributed by atoms with van der Waals surface area (Å²) in [7, 11) is 1.60. The van der Waals surface area contributed by atoms with E-state index in [4.69, 9.17) is 25.5 Å². The minimum absolute atomic E-state index is 0.148. The third-order valence-electron chi connectivity index (χ3n) is 4.25. The summed E-state index contributed by atoms with van der Waals surface area (Å²) in [5.74, 6) is 1.64. The van der Waals surface area contributed by atoms with Gasteiger partial charge in [-0.2, -0.15) is 0 Å². The Balaban J connectivity index is 1.85. The zero-order valence-corrected chi connectivity index (χ0v) is 15.8. The molecule has 1 aromatic heterocycles. The van der Waals surface area contributed by atoms with Gasteiger partial charge in [-0.3, -0.25) is 4.79 Å². The average molecular weight is 389 g/mol. The Hall–Kier alpha value is -2.66. The van der Waals surface area contributed by atoms with Crippen LogP contribution in [0.4, 0.5) is 0 Å². The maximum atomic E-state index is 12.8. The van der Waals surface area contributed by atoms with Crippen molar-refractivity contribution in [1.82, 2.24) is 0 Å². The van der Waals surface area contributed by atoms with E-state index < -0.39 is 0 Å². The topological polar surface area (TPSA) is 68.9 Å². The first-order valence-electron chi connectivity index (χ1n) is 8.71. The second-order valence-corrected chi connectivity index (χ2v) is 6.55. The SMILES string of the molecule is COc1ccc(Cc2coc3cc(OCCCCCl)cc(O)c3c2=O)cc1. The molecule has 0 atom stereocenters. The van der Waals surface area contributed by atoms with E-state index in [1.54, 1.807) is 13.2 Å². The van der Waals surface area contributed by atoms with Crippen LogP contribution < -0.4 is 14.9 Å². The van der Waals surface area contributed by atoms with Crippen molar-refractivity contribution in [3.05, 3.63) is 64.0 Å². The molecule has 0 spiro atoms. The molecule has 27 heavy (non-hydrogen) atoms. The van der Waals surface area contributed by atoms with Crippen molar-refractivity contribution in [2.45, 2.75) is 19.3 Å². The van der Waals surface area contributed by atoms with Crippen molar-refractivity contribution >= 4 is 22.6 Å². The van der Waals surface area contributed by atoms with Crippen molar-refractivity contribution in [3.63, 3.8) is 0 Å². The van der Waals surface area contributed by atoms with Crippen molar-refractivity contribution in [2.75, 3.05) is 19.6 Å². The van der Waals surface area contributed by atoms with Crippen LogP contribution in [0.1, 0.15) is 24.0 Å². The number of unbranched alkanes of at least 4 members (excludes halogenated alkanes) is 1. The number of aromatic hydroxyl groups is 1. The third-order valence-corrected chi connectivity index (χ3v) is 4.52. The van der Waals surface area contributed by atoms with Crippen LogP contribution in [0.15, 0.2) is 51.9 Å². The van der Waals surface area contributed by atoms with Gasteiger partial charge in [-0.1, -0.05) is 12.1 Å². The van der Waals surface area contributed by atoms with Gasteiger partial charge in [0.2, 0.25) is 0 Å². The highest BCUT2D eigenvalue weighted by atomic mass is 35.5. The van der Waals surface area contributed by atoms with Gasteiger partial charge in [0.05, 0.1) is 20.0 Å². The van der Waals surface area contributed by atoms with Gasteiger partial charge in [-0.05, 0) is 30.5 Å². The highest BCUT2D eigenvalue weighted by molar-refractivity contribution is 6.17. The highest BCUT2D eigenvalue weighted by Crippen LogP contribution is 2.29. The Kier molecular flexibility index (Phi) is 6.24. The molecule has 3 rings (SSSR count). The molecule has 0 fully saturated rings. The molecular formula is C21H21ClO5. The van der Waals surface area contributed by atoms with Gasteiger partial charge >= 0.3 is 0 Å². The monoisotopic (exact) mass is 388 g/mol. The Morgan fingerprint density at radius 1 is 1.11 bits per heavy atom. The fraction of sp³-hybridized carbons (Fsp3) is 0.286.